The number of halogens is 1. The average molecular weight is 365 g/mol. The van der Waals surface area contributed by atoms with Crippen LogP contribution in [0.25, 0.3) is 0 Å². The van der Waals surface area contributed by atoms with Gasteiger partial charge >= 0.3 is 0 Å². The summed E-state index contributed by atoms with van der Waals surface area (Å²) in [6, 6.07) is 0. The predicted octanol–water partition coefficient (Wildman–Crippen LogP) is 0.946. The zero-order valence-corrected chi connectivity index (χ0v) is 15.5. The van der Waals surface area contributed by atoms with Crippen molar-refractivity contribution >= 4 is 21.6 Å². The monoisotopic (exact) mass is 364 g/mol. The first-order valence-corrected chi connectivity index (χ1v) is 9.76. The van der Waals surface area contributed by atoms with E-state index in [0.29, 0.717) is 37.7 Å². The smallest absolute Gasteiger partial charge is 0.216 e. The molecule has 1 aliphatic rings. The summed E-state index contributed by atoms with van der Waals surface area (Å²) < 4.78 is 33.2. The van der Waals surface area contributed by atoms with E-state index in [-0.39, 0.29) is 18.5 Å². The van der Waals surface area contributed by atoms with Gasteiger partial charge in [0.25, 0.3) is 0 Å². The molecule has 0 radical (unpaired) electrons. The molecule has 1 aromatic rings. The number of hydrogen-bond donors (Lipinski definition) is 0. The third-order valence-corrected chi connectivity index (χ3v) is 6.05. The lowest BCUT2D eigenvalue weighted by atomic mass is 10.3. The van der Waals surface area contributed by atoms with Crippen molar-refractivity contribution in [3.8, 4) is 0 Å². The summed E-state index contributed by atoms with van der Waals surface area (Å²) in [6.07, 6.45) is 1.68. The molecule has 2 rings (SSSR count). The average Bonchev–Trinajstić information content (AvgIpc) is 2.79. The van der Waals surface area contributed by atoms with Crippen LogP contribution in [0.15, 0.2) is 6.20 Å². The molecule has 0 saturated carbocycles. The Morgan fingerprint density at radius 1 is 1.30 bits per heavy atom. The van der Waals surface area contributed by atoms with Crippen LogP contribution in [0.4, 0.5) is 0 Å². The zero-order valence-electron chi connectivity index (χ0n) is 13.9. The molecule has 0 atom stereocenters. The van der Waals surface area contributed by atoms with Crippen LogP contribution < -0.4 is 0 Å². The van der Waals surface area contributed by atoms with Gasteiger partial charge < -0.3 is 4.74 Å². The molecule has 0 unspecified atom stereocenters. The topological polar surface area (TPSA) is 67.7 Å². The van der Waals surface area contributed by atoms with Gasteiger partial charge in [0.05, 0.1) is 35.4 Å². The maximum Gasteiger partial charge on any atom is 0.216 e. The van der Waals surface area contributed by atoms with Gasteiger partial charge in [-0.05, 0) is 13.8 Å². The zero-order chi connectivity index (χ0) is 17.0. The standard InChI is InChI=1S/C14H25ClN4O3S/c1-12(2)22-8-9-23(20,21)19-6-4-18(5-7-19)11-14-13(15)10-16-17(14)3/h10,12H,4-9,11H2,1-3H3. The molecule has 0 amide bonds. The van der Waals surface area contributed by atoms with Crippen LogP contribution in [-0.2, 0) is 28.4 Å². The van der Waals surface area contributed by atoms with Gasteiger partial charge in [0.1, 0.15) is 0 Å². The lowest BCUT2D eigenvalue weighted by Gasteiger charge is -2.34. The summed E-state index contributed by atoms with van der Waals surface area (Å²) in [4.78, 5) is 2.19. The minimum atomic E-state index is -3.24. The number of aromatic nitrogens is 2. The highest BCUT2D eigenvalue weighted by Crippen LogP contribution is 2.18. The molecule has 0 spiro atoms. The van der Waals surface area contributed by atoms with E-state index in [1.807, 2.05) is 20.9 Å². The van der Waals surface area contributed by atoms with Crippen molar-refractivity contribution in [2.24, 2.45) is 7.05 Å². The molecule has 9 heteroatoms. The highest BCUT2D eigenvalue weighted by Gasteiger charge is 2.27. The predicted molar refractivity (Wildman–Crippen MR) is 89.9 cm³/mol. The SMILES string of the molecule is CC(C)OCCS(=O)(=O)N1CCN(Cc2c(Cl)cnn2C)CC1. The maximum atomic E-state index is 12.3. The normalized spacial score (nSPS) is 18.0. The Balaban J connectivity index is 1.83. The fraction of sp³-hybridized carbons (Fsp3) is 0.786. The van der Waals surface area contributed by atoms with Crippen molar-refractivity contribution in [1.82, 2.24) is 19.0 Å². The first kappa shape index (κ1) is 18.7. The minimum absolute atomic E-state index is 0.0404. The molecule has 1 saturated heterocycles. The van der Waals surface area contributed by atoms with Crippen molar-refractivity contribution in [3.05, 3.63) is 16.9 Å². The number of nitrogens with zero attached hydrogens (tertiary/aromatic N) is 4. The number of rotatable bonds is 7. The highest BCUT2D eigenvalue weighted by molar-refractivity contribution is 7.89. The van der Waals surface area contributed by atoms with Crippen molar-refractivity contribution in [2.45, 2.75) is 26.5 Å². The van der Waals surface area contributed by atoms with E-state index in [1.165, 1.54) is 0 Å². The maximum absolute atomic E-state index is 12.3. The third-order valence-electron chi connectivity index (χ3n) is 3.90. The Labute approximate surface area is 143 Å². The summed E-state index contributed by atoms with van der Waals surface area (Å²) in [5.41, 5.74) is 0.952. The van der Waals surface area contributed by atoms with Gasteiger partial charge in [-0.2, -0.15) is 9.40 Å². The third kappa shape index (κ3) is 5.15. The first-order valence-electron chi connectivity index (χ1n) is 7.78. The molecule has 7 nitrogen and oxygen atoms in total. The summed E-state index contributed by atoms with van der Waals surface area (Å²) in [5.74, 6) is 0.0404. The van der Waals surface area contributed by atoms with E-state index in [4.69, 9.17) is 16.3 Å². The molecule has 1 aliphatic heterocycles. The molecule has 0 aliphatic carbocycles. The van der Waals surface area contributed by atoms with Crippen LogP contribution >= 0.6 is 11.6 Å². The van der Waals surface area contributed by atoms with Gasteiger partial charge in [-0.3, -0.25) is 9.58 Å². The molecule has 0 bridgehead atoms. The fourth-order valence-electron chi connectivity index (χ4n) is 2.51. The lowest BCUT2D eigenvalue weighted by molar-refractivity contribution is 0.0902. The van der Waals surface area contributed by atoms with Gasteiger partial charge in [0, 0.05) is 39.8 Å². The highest BCUT2D eigenvalue weighted by atomic mass is 35.5. The van der Waals surface area contributed by atoms with E-state index in [0.717, 1.165) is 5.69 Å². The minimum Gasteiger partial charge on any atom is -0.378 e. The second kappa shape index (κ2) is 7.94. The van der Waals surface area contributed by atoms with E-state index in [2.05, 4.69) is 10.00 Å². The first-order chi connectivity index (χ1) is 10.8. The molecule has 23 heavy (non-hydrogen) atoms. The fourth-order valence-corrected chi connectivity index (χ4v) is 4.02. The second-order valence-corrected chi connectivity index (χ2v) is 8.47. The molecular weight excluding hydrogens is 340 g/mol. The van der Waals surface area contributed by atoms with Crippen LogP contribution in [0.1, 0.15) is 19.5 Å². The number of piperazine rings is 1. The van der Waals surface area contributed by atoms with Gasteiger partial charge in [0.15, 0.2) is 0 Å². The molecule has 132 valence electrons. The number of ether oxygens (including phenoxy) is 1. The second-order valence-electron chi connectivity index (χ2n) is 5.97. The summed E-state index contributed by atoms with van der Waals surface area (Å²) >= 11 is 6.12. The Hall–Kier alpha value is -0.670. The van der Waals surface area contributed by atoms with Gasteiger partial charge in [0.2, 0.25) is 10.0 Å². The van der Waals surface area contributed by atoms with Gasteiger partial charge in [-0.25, -0.2) is 8.42 Å². The Morgan fingerprint density at radius 2 is 1.96 bits per heavy atom. The molecule has 0 N–H and O–H groups in total. The van der Waals surface area contributed by atoms with Crippen LogP contribution in [0.2, 0.25) is 5.02 Å². The van der Waals surface area contributed by atoms with Crippen LogP contribution in [0.3, 0.4) is 0 Å². The molecule has 1 aromatic heterocycles. The lowest BCUT2D eigenvalue weighted by Crippen LogP contribution is -2.49. The van der Waals surface area contributed by atoms with Crippen molar-refractivity contribution in [3.63, 3.8) is 0 Å². The van der Waals surface area contributed by atoms with Gasteiger partial charge in [-0.15, -0.1) is 0 Å². The number of aryl methyl sites for hydroxylation is 1. The summed E-state index contributed by atoms with van der Waals surface area (Å²) in [6.45, 7) is 7.09. The Bertz CT molecular complexity index is 590. The Kier molecular flexibility index (Phi) is 6.44. The quantitative estimate of drug-likeness (QED) is 0.720. The van der Waals surface area contributed by atoms with E-state index < -0.39 is 10.0 Å². The molecular formula is C14H25ClN4O3S. The van der Waals surface area contributed by atoms with E-state index >= 15 is 0 Å². The van der Waals surface area contributed by atoms with Gasteiger partial charge in [-0.1, -0.05) is 11.6 Å². The molecule has 0 aromatic carbocycles. The van der Waals surface area contributed by atoms with Crippen LogP contribution in [0.5, 0.6) is 0 Å². The van der Waals surface area contributed by atoms with E-state index in [9.17, 15) is 8.42 Å². The number of sulfonamides is 1. The van der Waals surface area contributed by atoms with Crippen molar-refractivity contribution < 1.29 is 13.2 Å². The van der Waals surface area contributed by atoms with Crippen LogP contribution in [0, 0.1) is 0 Å². The molecule has 2 heterocycles. The Morgan fingerprint density at radius 3 is 2.48 bits per heavy atom. The van der Waals surface area contributed by atoms with Crippen molar-refractivity contribution in [2.75, 3.05) is 38.5 Å². The number of hydrogen-bond acceptors (Lipinski definition) is 5. The largest absolute Gasteiger partial charge is 0.378 e. The summed E-state index contributed by atoms with van der Waals surface area (Å²) in [5, 5.41) is 4.77. The van der Waals surface area contributed by atoms with Crippen molar-refractivity contribution in [1.29, 1.82) is 0 Å². The van der Waals surface area contributed by atoms with E-state index in [1.54, 1.807) is 15.2 Å². The van der Waals surface area contributed by atoms with Crippen LogP contribution in [-0.4, -0.2) is 72.0 Å². The summed E-state index contributed by atoms with van der Waals surface area (Å²) in [7, 11) is -1.38. The molecule has 1 fully saturated rings.